The van der Waals surface area contributed by atoms with Gasteiger partial charge in [0.1, 0.15) is 36.8 Å². The molecule has 0 bridgehead atoms. The lowest BCUT2D eigenvalue weighted by Crippen LogP contribution is -2.60. The lowest BCUT2D eigenvalue weighted by Gasteiger charge is -2.40. The van der Waals surface area contributed by atoms with E-state index in [9.17, 15) is 37.9 Å². The standard InChI is InChI=1S/C45H84O12S/c1-3-5-7-9-11-13-15-17-19-21-23-25-27-29-31-33-40(46)54-35-38(36-55-45-44(50)43(49)42(48)39(57-45)37-58(51,52)53)56-41(47)34-32-30-28-26-24-22-20-18-16-14-12-10-8-6-4-2/h13,15,38-39,42-45,48-50H,3-12,14,16-37H2,1-2H3,(H,51,52,53)/b15-13+/t38-,39-,42-,43?,44?,45+/m1/s1. The van der Waals surface area contributed by atoms with Crippen LogP contribution in [0.1, 0.15) is 206 Å². The van der Waals surface area contributed by atoms with Gasteiger partial charge < -0.3 is 34.3 Å². The zero-order valence-electron chi connectivity index (χ0n) is 36.4. The summed E-state index contributed by atoms with van der Waals surface area (Å²) in [6.45, 7) is 3.76. The van der Waals surface area contributed by atoms with Crippen LogP contribution >= 0.6 is 0 Å². The van der Waals surface area contributed by atoms with Crippen molar-refractivity contribution in [2.45, 2.75) is 243 Å². The highest BCUT2D eigenvalue weighted by atomic mass is 32.2. The van der Waals surface area contributed by atoms with Crippen LogP contribution in [0.25, 0.3) is 0 Å². The van der Waals surface area contributed by atoms with Crippen LogP contribution in [-0.4, -0.2) is 96.0 Å². The van der Waals surface area contributed by atoms with Crippen LogP contribution < -0.4 is 0 Å². The molecule has 58 heavy (non-hydrogen) atoms. The molecule has 0 saturated carbocycles. The van der Waals surface area contributed by atoms with Crippen molar-refractivity contribution in [3.8, 4) is 0 Å². The van der Waals surface area contributed by atoms with Crippen LogP contribution in [0.15, 0.2) is 12.2 Å². The number of carbonyl (C=O) groups excluding carboxylic acids is 2. The average molecular weight is 849 g/mol. The molecule has 1 fully saturated rings. The van der Waals surface area contributed by atoms with Gasteiger partial charge in [-0.3, -0.25) is 14.1 Å². The van der Waals surface area contributed by atoms with Gasteiger partial charge in [0.2, 0.25) is 0 Å². The van der Waals surface area contributed by atoms with E-state index in [1.54, 1.807) is 0 Å². The Hall–Kier alpha value is -1.61. The highest BCUT2D eigenvalue weighted by Crippen LogP contribution is 2.24. The van der Waals surface area contributed by atoms with E-state index >= 15 is 0 Å². The normalized spacial score (nSPS) is 20.4. The summed E-state index contributed by atoms with van der Waals surface area (Å²) in [5.41, 5.74) is 0. The maximum absolute atomic E-state index is 12.8. The summed E-state index contributed by atoms with van der Waals surface area (Å²) in [4.78, 5) is 25.4. The van der Waals surface area contributed by atoms with Gasteiger partial charge in [0.15, 0.2) is 12.4 Å². The first-order valence-electron chi connectivity index (χ1n) is 23.2. The van der Waals surface area contributed by atoms with E-state index in [-0.39, 0.29) is 19.4 Å². The molecule has 0 aromatic rings. The average Bonchev–Trinajstić information content (AvgIpc) is 3.18. The number of rotatable bonds is 39. The monoisotopic (exact) mass is 849 g/mol. The van der Waals surface area contributed by atoms with Crippen LogP contribution in [0, 0.1) is 0 Å². The summed E-state index contributed by atoms with van der Waals surface area (Å²) in [6, 6.07) is 0. The van der Waals surface area contributed by atoms with Crippen molar-refractivity contribution in [3.63, 3.8) is 0 Å². The third-order valence-electron chi connectivity index (χ3n) is 10.8. The number of aliphatic hydroxyl groups is 3. The van der Waals surface area contributed by atoms with Crippen molar-refractivity contribution in [3.05, 3.63) is 12.2 Å². The van der Waals surface area contributed by atoms with Crippen molar-refractivity contribution in [1.82, 2.24) is 0 Å². The van der Waals surface area contributed by atoms with Gasteiger partial charge in [-0.1, -0.05) is 167 Å². The molecule has 13 heteroatoms. The molecule has 0 aromatic heterocycles. The molecule has 0 aliphatic carbocycles. The van der Waals surface area contributed by atoms with Crippen LogP contribution in [0.2, 0.25) is 0 Å². The maximum Gasteiger partial charge on any atom is 0.306 e. The van der Waals surface area contributed by atoms with E-state index in [1.807, 2.05) is 0 Å². The fourth-order valence-corrected chi connectivity index (χ4v) is 7.89. The quantitative estimate of drug-likeness (QED) is 0.0199. The predicted molar refractivity (Wildman–Crippen MR) is 229 cm³/mol. The van der Waals surface area contributed by atoms with Gasteiger partial charge >= 0.3 is 11.9 Å². The highest BCUT2D eigenvalue weighted by Gasteiger charge is 2.46. The fraction of sp³-hybridized carbons (Fsp3) is 0.911. The third-order valence-corrected chi connectivity index (χ3v) is 11.6. The minimum atomic E-state index is -4.60. The van der Waals surface area contributed by atoms with Crippen molar-refractivity contribution >= 4 is 22.1 Å². The first kappa shape index (κ1) is 54.4. The molecule has 1 saturated heterocycles. The molecule has 0 spiro atoms. The number of aliphatic hydroxyl groups excluding tert-OH is 3. The van der Waals surface area contributed by atoms with E-state index in [1.165, 1.54) is 122 Å². The summed E-state index contributed by atoms with van der Waals surface area (Å²) in [5.74, 6) is -1.97. The zero-order chi connectivity index (χ0) is 42.7. The Bertz CT molecular complexity index is 1130. The van der Waals surface area contributed by atoms with Crippen LogP contribution in [0.4, 0.5) is 0 Å². The third kappa shape index (κ3) is 30.4. The molecular formula is C45H84O12S. The van der Waals surface area contributed by atoms with Gasteiger partial charge in [-0.2, -0.15) is 8.42 Å². The number of hydrogen-bond donors (Lipinski definition) is 4. The molecule has 4 N–H and O–H groups in total. The maximum atomic E-state index is 12.8. The van der Waals surface area contributed by atoms with Crippen LogP contribution in [-0.2, 0) is 38.7 Å². The summed E-state index contributed by atoms with van der Waals surface area (Å²) in [7, 11) is -4.60. The topological polar surface area (TPSA) is 186 Å². The number of esters is 2. The molecule has 1 rings (SSSR count). The number of carbonyl (C=O) groups is 2. The summed E-state index contributed by atoms with van der Waals surface area (Å²) >= 11 is 0. The molecular weight excluding hydrogens is 765 g/mol. The van der Waals surface area contributed by atoms with E-state index < -0.39 is 71.2 Å². The molecule has 1 aliphatic heterocycles. The lowest BCUT2D eigenvalue weighted by molar-refractivity contribution is -0.297. The van der Waals surface area contributed by atoms with Gasteiger partial charge in [-0.25, -0.2) is 0 Å². The molecule has 342 valence electrons. The Labute approximate surface area is 352 Å². The lowest BCUT2D eigenvalue weighted by atomic mass is 10.00. The molecule has 0 amide bonds. The molecule has 0 aromatic carbocycles. The second-order valence-corrected chi connectivity index (χ2v) is 17.9. The first-order valence-corrected chi connectivity index (χ1v) is 24.9. The van der Waals surface area contributed by atoms with Crippen molar-refractivity contribution < 1.29 is 56.8 Å². The number of unbranched alkanes of at least 4 members (excludes halogenated alkanes) is 25. The van der Waals surface area contributed by atoms with E-state index in [2.05, 4.69) is 26.0 Å². The SMILES string of the molecule is CCCCCC/C=C/CCCCCCCCCC(=O)OC[C@H](CO[C@H]1O[C@H](CS(=O)(=O)O)[C@@H](O)C(O)C1O)OC(=O)CCCCCCCCCCCCCCCCC. The van der Waals surface area contributed by atoms with Crippen LogP contribution in [0.3, 0.4) is 0 Å². The summed E-state index contributed by atoms with van der Waals surface area (Å²) in [5, 5.41) is 30.9. The van der Waals surface area contributed by atoms with Crippen molar-refractivity contribution in [1.29, 1.82) is 0 Å². The van der Waals surface area contributed by atoms with Gasteiger partial charge in [0.25, 0.3) is 10.1 Å². The van der Waals surface area contributed by atoms with Gasteiger partial charge in [0, 0.05) is 12.8 Å². The van der Waals surface area contributed by atoms with Gasteiger partial charge in [-0.15, -0.1) is 0 Å². The van der Waals surface area contributed by atoms with Crippen molar-refractivity contribution in [2.75, 3.05) is 19.0 Å². The largest absolute Gasteiger partial charge is 0.462 e. The summed E-state index contributed by atoms with van der Waals surface area (Å²) in [6.07, 6.45) is 28.2. The Kier molecular flexibility index (Phi) is 33.8. The number of hydrogen-bond acceptors (Lipinski definition) is 11. The fourth-order valence-electron chi connectivity index (χ4n) is 7.20. The number of ether oxygens (including phenoxy) is 4. The minimum Gasteiger partial charge on any atom is -0.462 e. The number of allylic oxidation sites excluding steroid dienone is 2. The van der Waals surface area contributed by atoms with Crippen LogP contribution in [0.5, 0.6) is 0 Å². The van der Waals surface area contributed by atoms with Crippen molar-refractivity contribution in [2.24, 2.45) is 0 Å². The molecule has 6 atom stereocenters. The molecule has 1 heterocycles. The second kappa shape index (κ2) is 36.1. The highest BCUT2D eigenvalue weighted by molar-refractivity contribution is 7.85. The molecule has 1 aliphatic rings. The first-order chi connectivity index (χ1) is 28.0. The van der Waals surface area contributed by atoms with E-state index in [0.29, 0.717) is 12.8 Å². The summed E-state index contributed by atoms with van der Waals surface area (Å²) < 4.78 is 54.1. The Morgan fingerprint density at radius 2 is 0.983 bits per heavy atom. The Morgan fingerprint density at radius 1 is 0.569 bits per heavy atom. The molecule has 2 unspecified atom stereocenters. The predicted octanol–water partition coefficient (Wildman–Crippen LogP) is 9.45. The Balaban J connectivity index is 2.43. The Morgan fingerprint density at radius 3 is 1.45 bits per heavy atom. The molecule has 0 radical (unpaired) electrons. The second-order valence-electron chi connectivity index (χ2n) is 16.4. The van der Waals surface area contributed by atoms with Gasteiger partial charge in [-0.05, 0) is 38.5 Å². The minimum absolute atomic E-state index is 0.169. The molecule has 12 nitrogen and oxygen atoms in total. The zero-order valence-corrected chi connectivity index (χ0v) is 37.2. The van der Waals surface area contributed by atoms with E-state index in [0.717, 1.165) is 44.9 Å². The van der Waals surface area contributed by atoms with E-state index in [4.69, 9.17) is 18.9 Å². The smallest absolute Gasteiger partial charge is 0.306 e. The van der Waals surface area contributed by atoms with Gasteiger partial charge in [0.05, 0.1) is 6.61 Å².